The third-order valence-electron chi connectivity index (χ3n) is 3.42. The molecule has 2 rings (SSSR count). The van der Waals surface area contributed by atoms with E-state index in [1.807, 2.05) is 0 Å². The number of rotatable bonds is 4. The Morgan fingerprint density at radius 2 is 1.56 bits per heavy atom. The predicted octanol–water partition coefficient (Wildman–Crippen LogP) is 6.86. The fraction of sp³-hybridized carbons (Fsp3) is 0.143. The molecular weight excluding hydrogens is 571 g/mol. The highest BCUT2D eigenvalue weighted by molar-refractivity contribution is 9.14. The quantitative estimate of drug-likeness (QED) is 0.243. The highest BCUT2D eigenvalue weighted by atomic mass is 79.9. The van der Waals surface area contributed by atoms with Crippen molar-refractivity contribution in [3.63, 3.8) is 0 Å². The number of aryl methyl sites for hydroxylation is 1. The number of non-ortho nitro benzene ring substituents is 1. The van der Waals surface area contributed by atoms with Gasteiger partial charge in [-0.15, -0.1) is 0 Å². The van der Waals surface area contributed by atoms with Gasteiger partial charge < -0.3 is 5.32 Å². The summed E-state index contributed by atoms with van der Waals surface area (Å²) in [5.74, 6) is 0. The first-order valence-electron chi connectivity index (χ1n) is 6.79. The number of hydrogen-bond acceptors (Lipinski definition) is 5. The van der Waals surface area contributed by atoms with Crippen LogP contribution < -0.4 is 5.32 Å². The molecule has 0 aliphatic heterocycles. The molecule has 1 N–H and O–H groups in total. The standard InChI is InChI=1S/C14H7Br3F3N3O4/c1-5-2-8(15)10(16)11(17)12(5)21-13-7(14(18,19)20)3-6(22(24)25)4-9(13)23(26)27/h2-4,21H,1H3. The van der Waals surface area contributed by atoms with E-state index >= 15 is 0 Å². The molecule has 0 fully saturated rings. The Kier molecular flexibility index (Phi) is 6.16. The van der Waals surface area contributed by atoms with Gasteiger partial charge in [-0.1, -0.05) is 0 Å². The number of nitrogens with zero attached hydrogens (tertiary/aromatic N) is 2. The Bertz CT molecular complexity index is 967. The molecule has 144 valence electrons. The Hall–Kier alpha value is -1.73. The van der Waals surface area contributed by atoms with Crippen molar-refractivity contribution in [3.8, 4) is 0 Å². The van der Waals surface area contributed by atoms with Crippen LogP contribution in [0.15, 0.2) is 31.6 Å². The first-order valence-corrected chi connectivity index (χ1v) is 9.17. The fourth-order valence-electron chi connectivity index (χ4n) is 2.21. The Labute approximate surface area is 174 Å². The molecule has 0 saturated heterocycles. The van der Waals surface area contributed by atoms with Crippen LogP contribution >= 0.6 is 47.8 Å². The molecule has 0 saturated carbocycles. The van der Waals surface area contributed by atoms with E-state index in [2.05, 4.69) is 53.1 Å². The summed E-state index contributed by atoms with van der Waals surface area (Å²) >= 11 is 9.71. The van der Waals surface area contributed by atoms with Gasteiger partial charge in [0.2, 0.25) is 0 Å². The van der Waals surface area contributed by atoms with Crippen LogP contribution in [0, 0.1) is 27.2 Å². The molecule has 2 aromatic carbocycles. The average Bonchev–Trinajstić information content (AvgIpc) is 2.55. The van der Waals surface area contributed by atoms with Crippen LogP contribution in [0.5, 0.6) is 0 Å². The zero-order valence-corrected chi connectivity index (χ0v) is 17.8. The van der Waals surface area contributed by atoms with E-state index in [0.717, 1.165) is 0 Å². The van der Waals surface area contributed by atoms with Gasteiger partial charge in [0, 0.05) is 15.0 Å². The van der Waals surface area contributed by atoms with Gasteiger partial charge in [0.1, 0.15) is 5.69 Å². The van der Waals surface area contributed by atoms with Crippen LogP contribution in [0.2, 0.25) is 0 Å². The summed E-state index contributed by atoms with van der Waals surface area (Å²) in [6, 6.07) is 2.32. The molecule has 2 aromatic rings. The molecule has 0 amide bonds. The molecule has 0 aliphatic rings. The molecule has 0 heterocycles. The van der Waals surface area contributed by atoms with Crippen LogP contribution in [-0.2, 0) is 6.18 Å². The summed E-state index contributed by atoms with van der Waals surface area (Å²) in [5, 5.41) is 24.6. The Morgan fingerprint density at radius 1 is 0.963 bits per heavy atom. The summed E-state index contributed by atoms with van der Waals surface area (Å²) in [6.45, 7) is 1.58. The number of hydrogen-bond donors (Lipinski definition) is 1. The van der Waals surface area contributed by atoms with Crippen molar-refractivity contribution in [3.05, 3.63) is 63.0 Å². The molecule has 0 aromatic heterocycles. The van der Waals surface area contributed by atoms with Gasteiger partial charge in [0.05, 0.1) is 31.6 Å². The second-order valence-electron chi connectivity index (χ2n) is 5.20. The third kappa shape index (κ3) is 4.41. The molecule has 0 unspecified atom stereocenters. The van der Waals surface area contributed by atoms with Crippen LogP contribution in [0.1, 0.15) is 11.1 Å². The van der Waals surface area contributed by atoms with E-state index in [9.17, 15) is 33.4 Å². The highest BCUT2D eigenvalue weighted by Gasteiger charge is 2.40. The Morgan fingerprint density at radius 3 is 2.04 bits per heavy atom. The van der Waals surface area contributed by atoms with Gasteiger partial charge in [0.15, 0.2) is 0 Å². The number of nitro groups is 2. The maximum Gasteiger partial charge on any atom is 0.418 e. The summed E-state index contributed by atoms with van der Waals surface area (Å²) in [6.07, 6.45) is -5.06. The van der Waals surface area contributed by atoms with Crippen molar-refractivity contribution in [1.82, 2.24) is 0 Å². The molecule has 0 atom stereocenters. The van der Waals surface area contributed by atoms with Crippen molar-refractivity contribution in [2.24, 2.45) is 0 Å². The summed E-state index contributed by atoms with van der Waals surface area (Å²) in [7, 11) is 0. The minimum atomic E-state index is -5.06. The van der Waals surface area contributed by atoms with Crippen LogP contribution in [0.25, 0.3) is 0 Å². The maximum absolute atomic E-state index is 13.5. The Balaban J connectivity index is 2.82. The molecule has 27 heavy (non-hydrogen) atoms. The SMILES string of the molecule is Cc1cc(Br)c(Br)c(Br)c1Nc1c([N+](=O)[O-])cc([N+](=O)[O-])cc1C(F)(F)F. The number of anilines is 2. The van der Waals surface area contributed by atoms with E-state index < -0.39 is 38.6 Å². The number of halogens is 6. The van der Waals surface area contributed by atoms with Crippen molar-refractivity contribution in [2.45, 2.75) is 13.1 Å². The lowest BCUT2D eigenvalue weighted by molar-refractivity contribution is -0.394. The highest BCUT2D eigenvalue weighted by Crippen LogP contribution is 2.46. The smallest absolute Gasteiger partial charge is 0.348 e. The minimum Gasteiger partial charge on any atom is -0.348 e. The topological polar surface area (TPSA) is 98.3 Å². The maximum atomic E-state index is 13.5. The average molecular weight is 578 g/mol. The molecule has 0 spiro atoms. The molecule has 0 radical (unpaired) electrons. The second kappa shape index (κ2) is 7.72. The van der Waals surface area contributed by atoms with Crippen molar-refractivity contribution in [1.29, 1.82) is 0 Å². The first-order chi connectivity index (χ1) is 12.3. The first kappa shape index (κ1) is 21.6. The fourth-order valence-corrected chi connectivity index (χ4v) is 3.95. The van der Waals surface area contributed by atoms with Gasteiger partial charge in [0.25, 0.3) is 11.4 Å². The number of alkyl halides is 3. The lowest BCUT2D eigenvalue weighted by Crippen LogP contribution is -2.12. The molecule has 13 heteroatoms. The zero-order chi connectivity index (χ0) is 20.7. The second-order valence-corrected chi connectivity index (χ2v) is 7.64. The normalized spacial score (nSPS) is 11.4. The molecule has 0 aliphatic carbocycles. The van der Waals surface area contributed by atoms with Crippen molar-refractivity contribution in [2.75, 3.05) is 5.32 Å². The molecule has 0 bridgehead atoms. The van der Waals surface area contributed by atoms with E-state index in [0.29, 0.717) is 25.0 Å². The van der Waals surface area contributed by atoms with Crippen LogP contribution in [0.4, 0.5) is 35.9 Å². The van der Waals surface area contributed by atoms with Gasteiger partial charge in [-0.05, 0) is 66.3 Å². The van der Waals surface area contributed by atoms with Gasteiger partial charge in [-0.2, -0.15) is 13.2 Å². The summed E-state index contributed by atoms with van der Waals surface area (Å²) < 4.78 is 41.8. The largest absolute Gasteiger partial charge is 0.418 e. The van der Waals surface area contributed by atoms with E-state index in [1.54, 1.807) is 13.0 Å². The van der Waals surface area contributed by atoms with Crippen molar-refractivity contribution < 1.29 is 23.0 Å². The molecule has 7 nitrogen and oxygen atoms in total. The minimum absolute atomic E-state index is 0.132. The number of nitro benzene ring substituents is 2. The van der Waals surface area contributed by atoms with E-state index in [1.165, 1.54) is 0 Å². The lowest BCUT2D eigenvalue weighted by Gasteiger charge is -2.18. The van der Waals surface area contributed by atoms with E-state index in [-0.39, 0.29) is 11.8 Å². The van der Waals surface area contributed by atoms with Gasteiger partial charge in [-0.3, -0.25) is 20.2 Å². The number of benzene rings is 2. The zero-order valence-electron chi connectivity index (χ0n) is 13.0. The number of nitrogens with one attached hydrogen (secondary N) is 1. The van der Waals surface area contributed by atoms with Gasteiger partial charge in [-0.25, -0.2) is 0 Å². The lowest BCUT2D eigenvalue weighted by atomic mass is 10.1. The van der Waals surface area contributed by atoms with Gasteiger partial charge >= 0.3 is 6.18 Å². The summed E-state index contributed by atoms with van der Waals surface area (Å²) in [4.78, 5) is 20.0. The molecular formula is C14H7Br3F3N3O4. The van der Waals surface area contributed by atoms with Crippen LogP contribution in [-0.4, -0.2) is 9.85 Å². The predicted molar refractivity (Wildman–Crippen MR) is 102 cm³/mol. The summed E-state index contributed by atoms with van der Waals surface area (Å²) in [5.41, 5.74) is -3.91. The van der Waals surface area contributed by atoms with Crippen LogP contribution in [0.3, 0.4) is 0 Å². The van der Waals surface area contributed by atoms with Crippen molar-refractivity contribution >= 4 is 70.5 Å². The van der Waals surface area contributed by atoms with E-state index in [4.69, 9.17) is 0 Å². The monoisotopic (exact) mass is 575 g/mol. The third-order valence-corrected chi connectivity index (χ3v) is 6.73.